The molecule has 0 saturated carbocycles. The maximum absolute atomic E-state index is 13.4. The Morgan fingerprint density at radius 2 is 1.79 bits per heavy atom. The first kappa shape index (κ1) is 17.6. The zero-order valence-electron chi connectivity index (χ0n) is 15.4. The van der Waals surface area contributed by atoms with Crippen LogP contribution in [0, 0.1) is 5.82 Å². The van der Waals surface area contributed by atoms with Crippen LogP contribution in [0.3, 0.4) is 0 Å². The van der Waals surface area contributed by atoms with Crippen LogP contribution in [0.2, 0.25) is 0 Å². The van der Waals surface area contributed by atoms with Gasteiger partial charge in [-0.1, -0.05) is 36.4 Å². The number of rotatable bonds is 4. The average Bonchev–Trinajstić information content (AvgIpc) is 3.36. The number of amides is 1. The molecular weight excluding hydrogens is 383 g/mol. The predicted molar refractivity (Wildman–Crippen MR) is 117 cm³/mol. The summed E-state index contributed by atoms with van der Waals surface area (Å²) in [4.78, 5) is 13.3. The van der Waals surface area contributed by atoms with Crippen molar-refractivity contribution in [3.8, 4) is 10.4 Å². The molecule has 0 fully saturated rings. The monoisotopic (exact) mass is 400 g/mol. The average molecular weight is 400 g/mol. The molecule has 2 aromatic heterocycles. The lowest BCUT2D eigenvalue weighted by atomic mass is 10.0. The number of carbonyl (C=O) groups is 1. The Morgan fingerprint density at radius 1 is 0.966 bits per heavy atom. The minimum absolute atomic E-state index is 0.257. The Hall–Kier alpha value is -3.44. The number of benzene rings is 3. The van der Waals surface area contributed by atoms with Crippen LogP contribution < -0.4 is 5.73 Å². The molecule has 2 heterocycles. The molecule has 0 aliphatic carbocycles. The Balaban J connectivity index is 1.81. The van der Waals surface area contributed by atoms with Gasteiger partial charge in [0, 0.05) is 27.8 Å². The minimum atomic E-state index is -0.446. The smallest absolute Gasteiger partial charge is 0.249 e. The SMILES string of the molecule is NC(=O)c1cccc2c1c1ccc(-c3cccs3)cc1n2Cc1ccc(F)cc1. The largest absolute Gasteiger partial charge is 0.366 e. The summed E-state index contributed by atoms with van der Waals surface area (Å²) in [6.07, 6.45) is 0. The molecule has 0 aliphatic heterocycles. The molecule has 0 saturated heterocycles. The molecule has 0 aliphatic rings. The van der Waals surface area contributed by atoms with Gasteiger partial charge < -0.3 is 10.3 Å². The highest BCUT2D eigenvalue weighted by Gasteiger charge is 2.17. The van der Waals surface area contributed by atoms with Crippen LogP contribution in [-0.2, 0) is 6.54 Å². The van der Waals surface area contributed by atoms with E-state index in [0.717, 1.165) is 32.9 Å². The summed E-state index contributed by atoms with van der Waals surface area (Å²) >= 11 is 1.69. The number of aromatic nitrogens is 1. The Morgan fingerprint density at radius 3 is 2.52 bits per heavy atom. The van der Waals surface area contributed by atoms with Crippen molar-refractivity contribution in [1.29, 1.82) is 0 Å². The van der Waals surface area contributed by atoms with Crippen LogP contribution in [0.5, 0.6) is 0 Å². The number of thiophene rings is 1. The summed E-state index contributed by atoms with van der Waals surface area (Å²) in [6, 6.07) is 22.5. The summed E-state index contributed by atoms with van der Waals surface area (Å²) < 4.78 is 15.5. The van der Waals surface area contributed by atoms with E-state index in [9.17, 15) is 9.18 Å². The zero-order chi connectivity index (χ0) is 20.0. The fourth-order valence-corrected chi connectivity index (χ4v) is 4.61. The zero-order valence-corrected chi connectivity index (χ0v) is 16.2. The van der Waals surface area contributed by atoms with Crippen molar-refractivity contribution in [2.24, 2.45) is 5.73 Å². The maximum Gasteiger partial charge on any atom is 0.249 e. The van der Waals surface area contributed by atoms with E-state index in [-0.39, 0.29) is 5.82 Å². The van der Waals surface area contributed by atoms with Crippen LogP contribution in [0.25, 0.3) is 32.2 Å². The number of fused-ring (bicyclic) bond motifs is 3. The number of primary amides is 1. The molecule has 0 radical (unpaired) electrons. The summed E-state index contributed by atoms with van der Waals surface area (Å²) in [7, 11) is 0. The van der Waals surface area contributed by atoms with Crippen molar-refractivity contribution in [3.63, 3.8) is 0 Å². The van der Waals surface area contributed by atoms with Gasteiger partial charge in [0.1, 0.15) is 5.82 Å². The molecular formula is C24H17FN2OS. The first-order valence-electron chi connectivity index (χ1n) is 9.25. The molecule has 0 unspecified atom stereocenters. The van der Waals surface area contributed by atoms with Gasteiger partial charge in [-0.05, 0) is 52.9 Å². The third kappa shape index (κ3) is 3.00. The standard InChI is InChI=1S/C24H17FN2OS/c25-17-9-6-15(7-10-17)14-27-20-4-1-3-19(24(26)28)23(20)18-11-8-16(13-21(18)27)22-5-2-12-29-22/h1-13H,14H2,(H2,26,28). The number of carbonyl (C=O) groups excluding carboxylic acids is 1. The Kier molecular flexibility index (Phi) is 4.18. The van der Waals surface area contributed by atoms with Crippen molar-refractivity contribution in [2.75, 3.05) is 0 Å². The molecule has 142 valence electrons. The summed E-state index contributed by atoms with van der Waals surface area (Å²) in [5.74, 6) is -0.703. The van der Waals surface area contributed by atoms with Crippen molar-refractivity contribution >= 4 is 39.0 Å². The van der Waals surface area contributed by atoms with Gasteiger partial charge in [0.2, 0.25) is 5.91 Å². The molecule has 3 nitrogen and oxygen atoms in total. The molecule has 3 aromatic carbocycles. The predicted octanol–water partition coefficient (Wildman–Crippen LogP) is 5.81. The van der Waals surface area contributed by atoms with E-state index in [1.165, 1.54) is 17.0 Å². The van der Waals surface area contributed by atoms with E-state index >= 15 is 0 Å². The van der Waals surface area contributed by atoms with E-state index in [1.54, 1.807) is 29.5 Å². The molecule has 1 amide bonds. The fraction of sp³-hybridized carbons (Fsp3) is 0.0417. The third-order valence-electron chi connectivity index (χ3n) is 5.22. The number of nitrogens with zero attached hydrogens (tertiary/aromatic N) is 1. The van der Waals surface area contributed by atoms with E-state index < -0.39 is 5.91 Å². The lowest BCUT2D eigenvalue weighted by Crippen LogP contribution is -2.11. The van der Waals surface area contributed by atoms with Crippen LogP contribution >= 0.6 is 11.3 Å². The van der Waals surface area contributed by atoms with E-state index in [0.29, 0.717) is 12.1 Å². The number of nitrogens with two attached hydrogens (primary N) is 1. The van der Waals surface area contributed by atoms with E-state index in [1.807, 2.05) is 18.2 Å². The minimum Gasteiger partial charge on any atom is -0.366 e. The maximum atomic E-state index is 13.4. The van der Waals surface area contributed by atoms with Crippen LogP contribution in [0.4, 0.5) is 4.39 Å². The van der Waals surface area contributed by atoms with E-state index in [4.69, 9.17) is 5.73 Å². The number of hydrogen-bond acceptors (Lipinski definition) is 2. The fourth-order valence-electron chi connectivity index (χ4n) is 3.89. The van der Waals surface area contributed by atoms with Gasteiger partial charge in [0.05, 0.1) is 11.0 Å². The van der Waals surface area contributed by atoms with Gasteiger partial charge in [0.25, 0.3) is 0 Å². The van der Waals surface area contributed by atoms with Gasteiger partial charge in [-0.15, -0.1) is 11.3 Å². The van der Waals surface area contributed by atoms with Crippen LogP contribution in [0.15, 0.2) is 78.2 Å². The van der Waals surface area contributed by atoms with Crippen molar-refractivity contribution in [1.82, 2.24) is 4.57 Å². The van der Waals surface area contributed by atoms with Crippen molar-refractivity contribution < 1.29 is 9.18 Å². The van der Waals surface area contributed by atoms with Gasteiger partial charge in [0.15, 0.2) is 0 Å². The van der Waals surface area contributed by atoms with Crippen LogP contribution in [0.1, 0.15) is 15.9 Å². The lowest BCUT2D eigenvalue weighted by molar-refractivity contribution is 0.100. The third-order valence-corrected chi connectivity index (χ3v) is 6.14. The summed E-state index contributed by atoms with van der Waals surface area (Å²) in [5, 5.41) is 3.89. The highest BCUT2D eigenvalue weighted by molar-refractivity contribution is 7.13. The second-order valence-electron chi connectivity index (χ2n) is 6.99. The molecule has 29 heavy (non-hydrogen) atoms. The number of hydrogen-bond donors (Lipinski definition) is 1. The molecule has 0 bridgehead atoms. The normalized spacial score (nSPS) is 11.3. The van der Waals surface area contributed by atoms with Crippen molar-refractivity contribution in [3.05, 3.63) is 95.1 Å². The second-order valence-corrected chi connectivity index (χ2v) is 7.93. The first-order chi connectivity index (χ1) is 14.1. The van der Waals surface area contributed by atoms with Gasteiger partial charge in [-0.3, -0.25) is 4.79 Å². The topological polar surface area (TPSA) is 48.0 Å². The second kappa shape index (κ2) is 6.87. The van der Waals surface area contributed by atoms with E-state index in [2.05, 4.69) is 34.2 Å². The van der Waals surface area contributed by atoms with Crippen molar-refractivity contribution in [2.45, 2.75) is 6.54 Å². The molecule has 0 spiro atoms. The Bertz CT molecular complexity index is 1350. The highest BCUT2D eigenvalue weighted by atomic mass is 32.1. The summed E-state index contributed by atoms with van der Waals surface area (Å²) in [5.41, 5.74) is 10.2. The Labute approximate surface area is 170 Å². The van der Waals surface area contributed by atoms with Crippen LogP contribution in [-0.4, -0.2) is 10.5 Å². The highest BCUT2D eigenvalue weighted by Crippen LogP contribution is 2.36. The number of halogens is 1. The summed E-state index contributed by atoms with van der Waals surface area (Å²) in [6.45, 7) is 0.566. The molecule has 0 atom stereocenters. The molecule has 2 N–H and O–H groups in total. The van der Waals surface area contributed by atoms with Gasteiger partial charge >= 0.3 is 0 Å². The van der Waals surface area contributed by atoms with Gasteiger partial charge in [-0.25, -0.2) is 4.39 Å². The quantitative estimate of drug-likeness (QED) is 0.407. The first-order valence-corrected chi connectivity index (χ1v) is 10.1. The molecule has 5 heteroatoms. The molecule has 5 rings (SSSR count). The van der Waals surface area contributed by atoms with Gasteiger partial charge in [-0.2, -0.15) is 0 Å². The molecule has 5 aromatic rings. The lowest BCUT2D eigenvalue weighted by Gasteiger charge is -2.09.